The Hall–Kier alpha value is -1.39. The van der Waals surface area contributed by atoms with Crippen molar-refractivity contribution in [1.82, 2.24) is 0 Å². The highest BCUT2D eigenvalue weighted by atomic mass is 16.8. The maximum absolute atomic E-state index is 12.3. The fourth-order valence-corrected chi connectivity index (χ4v) is 3.40. The van der Waals surface area contributed by atoms with Crippen LogP contribution in [0.1, 0.15) is 37.7 Å². The van der Waals surface area contributed by atoms with Gasteiger partial charge in [-0.3, -0.25) is 4.79 Å². The first kappa shape index (κ1) is 11.4. The van der Waals surface area contributed by atoms with E-state index < -0.39 is 5.79 Å². The second-order valence-electron chi connectivity index (χ2n) is 5.57. The number of carbonyl (C=O) groups excluding carboxylic acids is 1. The van der Waals surface area contributed by atoms with Gasteiger partial charge in [-0.2, -0.15) is 0 Å². The zero-order chi connectivity index (χ0) is 12.9. The molecule has 19 heavy (non-hydrogen) atoms. The number of ether oxygens (including phenoxy) is 2. The Morgan fingerprint density at radius 2 is 1.74 bits per heavy atom. The summed E-state index contributed by atoms with van der Waals surface area (Å²) >= 11 is 0. The Kier molecular flexibility index (Phi) is 2.44. The number of carbonyl (C=O) groups is 1. The van der Waals surface area contributed by atoms with Gasteiger partial charge < -0.3 is 14.8 Å². The van der Waals surface area contributed by atoms with Gasteiger partial charge >= 0.3 is 0 Å². The first-order chi connectivity index (χ1) is 9.29. The molecule has 3 aliphatic rings. The van der Waals surface area contributed by atoms with Gasteiger partial charge in [-0.25, -0.2) is 0 Å². The van der Waals surface area contributed by atoms with E-state index >= 15 is 0 Å². The molecule has 1 saturated heterocycles. The van der Waals surface area contributed by atoms with Gasteiger partial charge in [-0.15, -0.1) is 0 Å². The molecule has 1 N–H and O–H groups in total. The predicted octanol–water partition coefficient (Wildman–Crippen LogP) is 2.54. The third-order valence-electron chi connectivity index (χ3n) is 4.36. The zero-order valence-electron chi connectivity index (χ0n) is 10.7. The summed E-state index contributed by atoms with van der Waals surface area (Å²) in [5, 5.41) is 2.87. The summed E-state index contributed by atoms with van der Waals surface area (Å²) in [7, 11) is 0. The van der Waals surface area contributed by atoms with Crippen molar-refractivity contribution in [3.8, 4) is 0 Å². The molecule has 4 heteroatoms. The van der Waals surface area contributed by atoms with E-state index in [-0.39, 0.29) is 18.1 Å². The van der Waals surface area contributed by atoms with Crippen LogP contribution in [-0.4, -0.2) is 18.1 Å². The largest absolute Gasteiger partial charge is 0.332 e. The zero-order valence-corrected chi connectivity index (χ0v) is 10.7. The molecule has 4 nitrogen and oxygen atoms in total. The Labute approximate surface area is 112 Å². The maximum atomic E-state index is 12.3. The molecule has 4 rings (SSSR count). The minimum absolute atomic E-state index is 0.0550. The second-order valence-corrected chi connectivity index (χ2v) is 5.57. The van der Waals surface area contributed by atoms with E-state index in [9.17, 15) is 4.79 Å². The number of para-hydroxylation sites is 1. The lowest BCUT2D eigenvalue weighted by molar-refractivity contribution is -0.189. The van der Waals surface area contributed by atoms with Crippen LogP contribution < -0.4 is 5.32 Å². The summed E-state index contributed by atoms with van der Waals surface area (Å²) in [5.41, 5.74) is 1.64. The van der Waals surface area contributed by atoms with E-state index in [1.165, 1.54) is 6.42 Å². The number of hydrogen-bond donors (Lipinski definition) is 1. The molecule has 2 unspecified atom stereocenters. The molecule has 1 amide bonds. The SMILES string of the molecule is O=C1Nc2ccccc2C12OC1CCCCCC1O2. The number of hydrogen-bond acceptors (Lipinski definition) is 3. The summed E-state index contributed by atoms with van der Waals surface area (Å²) in [6.07, 6.45) is 5.63. The summed E-state index contributed by atoms with van der Waals surface area (Å²) in [4.78, 5) is 12.3. The van der Waals surface area contributed by atoms with E-state index in [0.717, 1.165) is 36.9 Å². The lowest BCUT2D eigenvalue weighted by atomic mass is 10.1. The van der Waals surface area contributed by atoms with Gasteiger partial charge in [0.1, 0.15) is 0 Å². The predicted molar refractivity (Wildman–Crippen MR) is 69.6 cm³/mol. The molecule has 0 bridgehead atoms. The van der Waals surface area contributed by atoms with Crippen LogP contribution in [0.2, 0.25) is 0 Å². The molecule has 2 aliphatic heterocycles. The van der Waals surface area contributed by atoms with E-state index in [0.29, 0.717) is 0 Å². The normalized spacial score (nSPS) is 36.7. The topological polar surface area (TPSA) is 47.6 Å². The van der Waals surface area contributed by atoms with Gasteiger partial charge in [0.25, 0.3) is 11.7 Å². The Balaban J connectivity index is 1.74. The Morgan fingerprint density at radius 1 is 1.05 bits per heavy atom. The summed E-state index contributed by atoms with van der Waals surface area (Å²) in [6.45, 7) is 0. The number of fused-ring (bicyclic) bond motifs is 3. The van der Waals surface area contributed by atoms with Crippen molar-refractivity contribution in [3.63, 3.8) is 0 Å². The average Bonchev–Trinajstić information content (AvgIpc) is 2.82. The lowest BCUT2D eigenvalue weighted by Gasteiger charge is -2.21. The van der Waals surface area contributed by atoms with E-state index in [1.54, 1.807) is 0 Å². The first-order valence-electron chi connectivity index (χ1n) is 7.06. The molecule has 1 aromatic rings. The highest BCUT2D eigenvalue weighted by Crippen LogP contribution is 2.48. The van der Waals surface area contributed by atoms with E-state index in [1.807, 2.05) is 24.3 Å². The van der Waals surface area contributed by atoms with Crippen LogP contribution in [0, 0.1) is 0 Å². The number of amides is 1. The van der Waals surface area contributed by atoms with Crippen LogP contribution in [-0.2, 0) is 20.1 Å². The Bertz CT molecular complexity index is 514. The van der Waals surface area contributed by atoms with Crippen LogP contribution in [0.15, 0.2) is 24.3 Å². The molecule has 1 saturated carbocycles. The maximum Gasteiger partial charge on any atom is 0.289 e. The Morgan fingerprint density at radius 3 is 2.47 bits per heavy atom. The van der Waals surface area contributed by atoms with Gasteiger partial charge in [-0.1, -0.05) is 37.5 Å². The second kappa shape index (κ2) is 4.05. The molecule has 0 radical (unpaired) electrons. The fourth-order valence-electron chi connectivity index (χ4n) is 3.40. The van der Waals surface area contributed by atoms with Gasteiger partial charge in [0.15, 0.2) is 0 Å². The number of benzene rings is 1. The van der Waals surface area contributed by atoms with E-state index in [4.69, 9.17) is 9.47 Å². The highest BCUT2D eigenvalue weighted by Gasteiger charge is 2.58. The van der Waals surface area contributed by atoms with Crippen LogP contribution in [0.5, 0.6) is 0 Å². The molecule has 1 aromatic carbocycles. The van der Waals surface area contributed by atoms with Gasteiger partial charge in [0.05, 0.1) is 17.9 Å². The molecule has 1 spiro atoms. The third kappa shape index (κ3) is 1.56. The van der Waals surface area contributed by atoms with Crippen molar-refractivity contribution < 1.29 is 14.3 Å². The molecule has 2 atom stereocenters. The van der Waals surface area contributed by atoms with E-state index in [2.05, 4.69) is 5.32 Å². The van der Waals surface area contributed by atoms with Gasteiger partial charge in [0.2, 0.25) is 0 Å². The van der Waals surface area contributed by atoms with Crippen molar-refractivity contribution in [3.05, 3.63) is 29.8 Å². The van der Waals surface area contributed by atoms with Crippen molar-refractivity contribution in [2.45, 2.75) is 50.1 Å². The van der Waals surface area contributed by atoms with Crippen LogP contribution in [0.25, 0.3) is 0 Å². The van der Waals surface area contributed by atoms with Crippen molar-refractivity contribution in [2.24, 2.45) is 0 Å². The summed E-state index contributed by atoms with van der Waals surface area (Å²) < 4.78 is 12.2. The smallest absolute Gasteiger partial charge is 0.289 e. The van der Waals surface area contributed by atoms with Crippen molar-refractivity contribution in [1.29, 1.82) is 0 Å². The van der Waals surface area contributed by atoms with Crippen LogP contribution >= 0.6 is 0 Å². The van der Waals surface area contributed by atoms with Crippen molar-refractivity contribution >= 4 is 11.6 Å². The number of rotatable bonds is 0. The number of nitrogens with one attached hydrogen (secondary N) is 1. The quantitative estimate of drug-likeness (QED) is 0.779. The van der Waals surface area contributed by atoms with Crippen LogP contribution in [0.3, 0.4) is 0 Å². The average molecular weight is 259 g/mol. The standard InChI is InChI=1S/C15H17NO3/c17-14-15(10-6-4-5-7-11(10)16-14)18-12-8-2-1-3-9-13(12)19-15/h4-7,12-13H,1-3,8-9H2,(H,16,17). The molecule has 1 aliphatic carbocycles. The molecular weight excluding hydrogens is 242 g/mol. The first-order valence-corrected chi connectivity index (χ1v) is 7.06. The van der Waals surface area contributed by atoms with Crippen LogP contribution in [0.4, 0.5) is 5.69 Å². The number of anilines is 1. The minimum Gasteiger partial charge on any atom is -0.332 e. The molecule has 0 aromatic heterocycles. The fraction of sp³-hybridized carbons (Fsp3) is 0.533. The monoisotopic (exact) mass is 259 g/mol. The third-order valence-corrected chi connectivity index (χ3v) is 4.36. The summed E-state index contributed by atoms with van der Waals surface area (Å²) in [5.74, 6) is -1.37. The highest BCUT2D eigenvalue weighted by molar-refractivity contribution is 6.04. The molecule has 2 heterocycles. The molecule has 2 fully saturated rings. The summed E-state index contributed by atoms with van der Waals surface area (Å²) in [6, 6.07) is 7.63. The van der Waals surface area contributed by atoms with Gasteiger partial charge in [0, 0.05) is 5.56 Å². The molecule has 100 valence electrons. The van der Waals surface area contributed by atoms with Crippen molar-refractivity contribution in [2.75, 3.05) is 5.32 Å². The lowest BCUT2D eigenvalue weighted by Crippen LogP contribution is -2.36. The van der Waals surface area contributed by atoms with Gasteiger partial charge in [-0.05, 0) is 18.9 Å². The minimum atomic E-state index is -1.19. The molecular formula is C15H17NO3.